The molecule has 1 rings (SSSR count). The molecule has 4 nitrogen and oxygen atoms in total. The zero-order chi connectivity index (χ0) is 12.3. The maximum absolute atomic E-state index is 11.8. The molecule has 0 saturated carbocycles. The Hall–Kier alpha value is -1.36. The molecule has 1 aromatic heterocycles. The van der Waals surface area contributed by atoms with E-state index in [1.54, 1.807) is 7.05 Å². The van der Waals surface area contributed by atoms with Crippen LogP contribution in [0.3, 0.4) is 0 Å². The van der Waals surface area contributed by atoms with Crippen LogP contribution in [0.15, 0.2) is 11.4 Å². The summed E-state index contributed by atoms with van der Waals surface area (Å²) in [6, 6.07) is 1.93. The third-order valence-corrected chi connectivity index (χ3v) is 3.51. The number of carboxylic acids is 1. The molecule has 0 bridgehead atoms. The normalized spacial score (nSPS) is 12.2. The highest BCUT2D eigenvalue weighted by molar-refractivity contribution is 7.14. The van der Waals surface area contributed by atoms with Gasteiger partial charge in [-0.1, -0.05) is 6.92 Å². The van der Waals surface area contributed by atoms with Crippen LogP contribution in [0.4, 0.5) is 5.00 Å². The predicted octanol–water partition coefficient (Wildman–Crippen LogP) is 2.13. The van der Waals surface area contributed by atoms with E-state index in [2.05, 4.69) is 0 Å². The van der Waals surface area contributed by atoms with Gasteiger partial charge in [-0.05, 0) is 23.9 Å². The number of carboxylic acid groups (broad SMARTS) is 1. The molecule has 1 N–H and O–H groups in total. The fourth-order valence-corrected chi connectivity index (χ4v) is 2.22. The van der Waals surface area contributed by atoms with Crippen LogP contribution in [0, 0.1) is 12.8 Å². The second-order valence-electron chi connectivity index (χ2n) is 3.80. The lowest BCUT2D eigenvalue weighted by atomic mass is 10.1. The maximum atomic E-state index is 11.8. The molecule has 0 aliphatic heterocycles. The molecule has 1 heterocycles. The minimum atomic E-state index is -0.940. The first-order chi connectivity index (χ1) is 7.43. The van der Waals surface area contributed by atoms with Crippen molar-refractivity contribution in [2.24, 2.45) is 5.92 Å². The van der Waals surface area contributed by atoms with Crippen LogP contribution in [-0.4, -0.2) is 24.0 Å². The first kappa shape index (κ1) is 12.7. The number of hydrogen-bond donors (Lipinski definition) is 1. The van der Waals surface area contributed by atoms with E-state index in [0.29, 0.717) is 0 Å². The summed E-state index contributed by atoms with van der Waals surface area (Å²) in [7, 11) is 1.68. The highest BCUT2D eigenvalue weighted by Gasteiger charge is 2.20. The Kier molecular flexibility index (Phi) is 4.06. The average molecular weight is 241 g/mol. The Bertz CT molecular complexity index is 400. The smallest absolute Gasteiger partial charge is 0.306 e. The number of nitrogens with zero attached hydrogens (tertiary/aromatic N) is 1. The van der Waals surface area contributed by atoms with Gasteiger partial charge in [-0.2, -0.15) is 0 Å². The summed E-state index contributed by atoms with van der Waals surface area (Å²) in [5.41, 5.74) is 1.03. The minimum absolute atomic E-state index is 0.0309. The van der Waals surface area contributed by atoms with Gasteiger partial charge in [0.2, 0.25) is 5.91 Å². The largest absolute Gasteiger partial charge is 0.481 e. The highest BCUT2D eigenvalue weighted by Crippen LogP contribution is 2.26. The number of rotatable bonds is 4. The molecule has 1 aromatic rings. The summed E-state index contributed by atoms with van der Waals surface area (Å²) >= 11 is 1.48. The molecule has 5 heteroatoms. The van der Waals surface area contributed by atoms with Crippen molar-refractivity contribution in [1.29, 1.82) is 0 Å². The summed E-state index contributed by atoms with van der Waals surface area (Å²) in [4.78, 5) is 23.9. The van der Waals surface area contributed by atoms with E-state index in [-0.39, 0.29) is 12.3 Å². The van der Waals surface area contributed by atoms with Crippen LogP contribution in [0.1, 0.15) is 18.9 Å². The lowest BCUT2D eigenvalue weighted by molar-refractivity contribution is -0.143. The molecule has 16 heavy (non-hydrogen) atoms. The van der Waals surface area contributed by atoms with Crippen molar-refractivity contribution in [3.05, 3.63) is 17.0 Å². The van der Waals surface area contributed by atoms with Crippen molar-refractivity contribution in [3.8, 4) is 0 Å². The standard InChI is InChI=1S/C11H15NO3S/c1-7-4-5-16-10(7)12(3)9(13)6-8(2)11(14)15/h4-5,8H,6H2,1-3H3,(H,14,15). The summed E-state index contributed by atoms with van der Waals surface area (Å²) in [6.07, 6.45) is 0.0309. The lowest BCUT2D eigenvalue weighted by Gasteiger charge is -2.17. The fraction of sp³-hybridized carbons (Fsp3) is 0.455. The second kappa shape index (κ2) is 5.12. The van der Waals surface area contributed by atoms with Crippen molar-refractivity contribution in [1.82, 2.24) is 0 Å². The highest BCUT2D eigenvalue weighted by atomic mass is 32.1. The van der Waals surface area contributed by atoms with Gasteiger partial charge in [-0.3, -0.25) is 9.59 Å². The Labute approximate surface area is 98.5 Å². The number of thiophene rings is 1. The van der Waals surface area contributed by atoms with Gasteiger partial charge in [0.25, 0.3) is 0 Å². The number of carbonyl (C=O) groups excluding carboxylic acids is 1. The Morgan fingerprint density at radius 3 is 2.62 bits per heavy atom. The SMILES string of the molecule is Cc1ccsc1N(C)C(=O)CC(C)C(=O)O. The van der Waals surface area contributed by atoms with Crippen molar-refractivity contribution >= 4 is 28.2 Å². The molecule has 0 saturated heterocycles. The summed E-state index contributed by atoms with van der Waals surface area (Å²) < 4.78 is 0. The monoisotopic (exact) mass is 241 g/mol. The van der Waals surface area contributed by atoms with Gasteiger partial charge in [0.15, 0.2) is 0 Å². The first-order valence-electron chi connectivity index (χ1n) is 4.97. The molecule has 0 aromatic carbocycles. The molecule has 88 valence electrons. The molecule has 1 atom stereocenters. The Morgan fingerprint density at radius 1 is 1.56 bits per heavy atom. The van der Waals surface area contributed by atoms with Crippen molar-refractivity contribution in [3.63, 3.8) is 0 Å². The zero-order valence-corrected chi connectivity index (χ0v) is 10.4. The first-order valence-corrected chi connectivity index (χ1v) is 5.85. The van der Waals surface area contributed by atoms with E-state index in [0.717, 1.165) is 10.6 Å². The minimum Gasteiger partial charge on any atom is -0.481 e. The number of amides is 1. The average Bonchev–Trinajstić information content (AvgIpc) is 2.62. The second-order valence-corrected chi connectivity index (χ2v) is 4.70. The van der Waals surface area contributed by atoms with Crippen LogP contribution in [0.2, 0.25) is 0 Å². The van der Waals surface area contributed by atoms with Crippen LogP contribution in [0.25, 0.3) is 0 Å². The van der Waals surface area contributed by atoms with Gasteiger partial charge >= 0.3 is 5.97 Å². The lowest BCUT2D eigenvalue weighted by Crippen LogP contribution is -2.29. The van der Waals surface area contributed by atoms with E-state index in [1.165, 1.54) is 23.2 Å². The van der Waals surface area contributed by atoms with Gasteiger partial charge in [0.1, 0.15) is 5.00 Å². The Morgan fingerprint density at radius 2 is 2.19 bits per heavy atom. The number of hydrogen-bond acceptors (Lipinski definition) is 3. The topological polar surface area (TPSA) is 57.6 Å². The van der Waals surface area contributed by atoms with E-state index in [1.807, 2.05) is 18.4 Å². The third-order valence-electron chi connectivity index (χ3n) is 2.42. The molecule has 0 spiro atoms. The van der Waals surface area contributed by atoms with Crippen molar-refractivity contribution < 1.29 is 14.7 Å². The molecule has 0 aliphatic rings. The van der Waals surface area contributed by atoms with Gasteiger partial charge in [0, 0.05) is 13.5 Å². The number of aliphatic carboxylic acids is 1. The molecule has 0 aliphatic carbocycles. The predicted molar refractivity (Wildman–Crippen MR) is 63.9 cm³/mol. The van der Waals surface area contributed by atoms with Crippen LogP contribution in [-0.2, 0) is 9.59 Å². The van der Waals surface area contributed by atoms with Crippen LogP contribution >= 0.6 is 11.3 Å². The summed E-state index contributed by atoms with van der Waals surface area (Å²) in [5.74, 6) is -1.75. The van der Waals surface area contributed by atoms with Gasteiger partial charge in [0.05, 0.1) is 5.92 Å². The van der Waals surface area contributed by atoms with E-state index >= 15 is 0 Å². The number of aryl methyl sites for hydroxylation is 1. The third kappa shape index (κ3) is 2.82. The number of carbonyl (C=O) groups is 2. The molecular weight excluding hydrogens is 226 g/mol. The van der Waals surface area contributed by atoms with Crippen LogP contribution < -0.4 is 4.90 Å². The molecule has 1 unspecified atom stereocenters. The summed E-state index contributed by atoms with van der Waals surface area (Å²) in [6.45, 7) is 3.46. The quantitative estimate of drug-likeness (QED) is 0.878. The van der Waals surface area contributed by atoms with Gasteiger partial charge < -0.3 is 10.0 Å². The Balaban J connectivity index is 2.69. The fourth-order valence-electron chi connectivity index (χ4n) is 1.31. The maximum Gasteiger partial charge on any atom is 0.306 e. The van der Waals surface area contributed by atoms with Gasteiger partial charge in [-0.25, -0.2) is 0 Å². The van der Waals surface area contributed by atoms with Crippen LogP contribution in [0.5, 0.6) is 0 Å². The summed E-state index contributed by atoms with van der Waals surface area (Å²) in [5, 5.41) is 11.5. The molecular formula is C11H15NO3S. The van der Waals surface area contributed by atoms with Crippen molar-refractivity contribution in [2.45, 2.75) is 20.3 Å². The zero-order valence-electron chi connectivity index (χ0n) is 9.56. The molecule has 1 amide bonds. The van der Waals surface area contributed by atoms with Gasteiger partial charge in [-0.15, -0.1) is 11.3 Å². The molecule has 0 radical (unpaired) electrons. The van der Waals surface area contributed by atoms with E-state index in [4.69, 9.17) is 5.11 Å². The van der Waals surface area contributed by atoms with E-state index < -0.39 is 11.9 Å². The van der Waals surface area contributed by atoms with Crippen molar-refractivity contribution in [2.75, 3.05) is 11.9 Å². The van der Waals surface area contributed by atoms with E-state index in [9.17, 15) is 9.59 Å². The number of anilines is 1. The molecule has 0 fully saturated rings.